The molecule has 1 heterocycles. The summed E-state index contributed by atoms with van der Waals surface area (Å²) >= 11 is 0. The lowest BCUT2D eigenvalue weighted by atomic mass is 10.4. The number of nitrogens with two attached hydrogens (primary N) is 1. The van der Waals surface area contributed by atoms with Crippen LogP contribution in [0.4, 0.5) is 5.95 Å². The second kappa shape index (κ2) is 7.52. The number of nitrogens with one attached hydrogen (secondary N) is 1. The van der Waals surface area contributed by atoms with E-state index in [1.165, 1.54) is 0 Å². The largest absolute Gasteiger partial charge is 0.475 e. The Bertz CT molecular complexity index is 423. The molecule has 3 N–H and O–H groups in total. The van der Waals surface area contributed by atoms with Gasteiger partial charge in [0, 0.05) is 18.3 Å². The van der Waals surface area contributed by atoms with Gasteiger partial charge >= 0.3 is 0 Å². The molecule has 0 bridgehead atoms. The molecule has 7 nitrogen and oxygen atoms in total. The third kappa shape index (κ3) is 6.56. The van der Waals surface area contributed by atoms with Crippen LogP contribution in [0, 0.1) is 6.92 Å². The summed E-state index contributed by atoms with van der Waals surface area (Å²) in [5.74, 6) is 0.515. The average molecular weight is 268 g/mol. The highest BCUT2D eigenvalue weighted by Gasteiger charge is 2.04. The van der Waals surface area contributed by atoms with Gasteiger partial charge in [-0.2, -0.15) is 4.98 Å². The zero-order valence-electron chi connectivity index (χ0n) is 11.5. The molecule has 0 saturated carbocycles. The van der Waals surface area contributed by atoms with Crippen molar-refractivity contribution in [1.82, 2.24) is 9.97 Å². The number of anilines is 1. The third-order valence-electron chi connectivity index (χ3n) is 1.96. The molecule has 1 aromatic rings. The summed E-state index contributed by atoms with van der Waals surface area (Å²) in [6, 6.07) is 1.77. The highest BCUT2D eigenvalue weighted by Crippen LogP contribution is 2.13. The molecule has 0 atom stereocenters. The Morgan fingerprint density at radius 1 is 1.47 bits per heavy atom. The Balaban J connectivity index is 2.44. The van der Waals surface area contributed by atoms with Crippen molar-refractivity contribution in [2.75, 3.05) is 25.1 Å². The number of primary amides is 1. The lowest BCUT2D eigenvalue weighted by Gasteiger charge is -2.11. The van der Waals surface area contributed by atoms with E-state index in [0.717, 1.165) is 5.69 Å². The molecular weight excluding hydrogens is 248 g/mol. The number of ether oxygens (including phenoxy) is 2. The number of rotatable bonds is 8. The summed E-state index contributed by atoms with van der Waals surface area (Å²) in [7, 11) is 0. The molecule has 0 aliphatic rings. The van der Waals surface area contributed by atoms with Crippen LogP contribution in [0.25, 0.3) is 0 Å². The van der Waals surface area contributed by atoms with Crippen LogP contribution in [0.2, 0.25) is 0 Å². The number of hydrogen-bond acceptors (Lipinski definition) is 6. The van der Waals surface area contributed by atoms with Gasteiger partial charge < -0.3 is 20.5 Å². The number of carbonyl (C=O) groups is 1. The van der Waals surface area contributed by atoms with Gasteiger partial charge in [0.15, 0.2) is 0 Å². The zero-order valence-corrected chi connectivity index (χ0v) is 11.5. The SMILES string of the molecule is Cc1cc(OC(C)C)nc(NCCOCC(N)=O)n1. The predicted octanol–water partition coefficient (Wildman–Crippen LogP) is 0.486. The molecule has 0 aliphatic carbocycles. The minimum absolute atomic E-state index is 0.0565. The summed E-state index contributed by atoms with van der Waals surface area (Å²) in [5, 5.41) is 2.99. The van der Waals surface area contributed by atoms with Gasteiger partial charge in [-0.05, 0) is 20.8 Å². The van der Waals surface area contributed by atoms with Crippen molar-refractivity contribution in [2.45, 2.75) is 26.9 Å². The van der Waals surface area contributed by atoms with Gasteiger partial charge in [0.25, 0.3) is 0 Å². The third-order valence-corrected chi connectivity index (χ3v) is 1.96. The first-order valence-electron chi connectivity index (χ1n) is 6.09. The minimum atomic E-state index is -0.487. The van der Waals surface area contributed by atoms with Crippen molar-refractivity contribution >= 4 is 11.9 Å². The minimum Gasteiger partial charge on any atom is -0.475 e. The first kappa shape index (κ1) is 15.2. The van der Waals surface area contributed by atoms with E-state index in [1.54, 1.807) is 6.07 Å². The molecule has 0 aliphatic heterocycles. The van der Waals surface area contributed by atoms with Gasteiger partial charge in [0.05, 0.1) is 12.7 Å². The van der Waals surface area contributed by atoms with E-state index in [-0.39, 0.29) is 12.7 Å². The van der Waals surface area contributed by atoms with Crippen LogP contribution in [-0.2, 0) is 9.53 Å². The van der Waals surface area contributed by atoms with E-state index in [2.05, 4.69) is 15.3 Å². The van der Waals surface area contributed by atoms with Crippen LogP contribution in [0.3, 0.4) is 0 Å². The average Bonchev–Trinajstić information content (AvgIpc) is 2.26. The Hall–Kier alpha value is -1.89. The molecule has 1 rings (SSSR count). The molecule has 1 amide bonds. The second-order valence-electron chi connectivity index (χ2n) is 4.28. The van der Waals surface area contributed by atoms with E-state index < -0.39 is 5.91 Å². The smallest absolute Gasteiger partial charge is 0.243 e. The number of aromatic nitrogens is 2. The maximum atomic E-state index is 10.5. The molecule has 1 aromatic heterocycles. The number of carbonyl (C=O) groups excluding carboxylic acids is 1. The van der Waals surface area contributed by atoms with Crippen LogP contribution in [-0.4, -0.2) is 41.7 Å². The lowest BCUT2D eigenvalue weighted by Crippen LogP contribution is -2.21. The lowest BCUT2D eigenvalue weighted by molar-refractivity contribution is -0.122. The quantitative estimate of drug-likeness (QED) is 0.665. The topological polar surface area (TPSA) is 99.4 Å². The highest BCUT2D eigenvalue weighted by molar-refractivity contribution is 5.74. The van der Waals surface area contributed by atoms with E-state index in [1.807, 2.05) is 20.8 Å². The Labute approximate surface area is 112 Å². The summed E-state index contributed by atoms with van der Waals surface area (Å²) in [5.41, 5.74) is 5.76. The van der Waals surface area contributed by atoms with Gasteiger partial charge in [-0.3, -0.25) is 4.79 Å². The van der Waals surface area contributed by atoms with Crippen LogP contribution in [0.15, 0.2) is 6.07 Å². The van der Waals surface area contributed by atoms with Gasteiger partial charge in [0.2, 0.25) is 17.7 Å². The standard InChI is InChI=1S/C12H20N4O3/c1-8(2)19-11-6-9(3)15-12(16-11)14-4-5-18-7-10(13)17/h6,8H,4-5,7H2,1-3H3,(H2,13,17)(H,14,15,16). The summed E-state index contributed by atoms with van der Waals surface area (Å²) in [4.78, 5) is 18.9. The van der Waals surface area contributed by atoms with E-state index in [4.69, 9.17) is 15.2 Å². The number of nitrogens with zero attached hydrogens (tertiary/aromatic N) is 2. The van der Waals surface area contributed by atoms with Crippen LogP contribution in [0.1, 0.15) is 19.5 Å². The normalized spacial score (nSPS) is 10.5. The Kier molecular flexibility index (Phi) is 6.01. The van der Waals surface area contributed by atoms with Crippen molar-refractivity contribution in [2.24, 2.45) is 5.73 Å². The number of hydrogen-bond donors (Lipinski definition) is 2. The molecule has 0 fully saturated rings. The molecule has 106 valence electrons. The van der Waals surface area contributed by atoms with Gasteiger partial charge in [0.1, 0.15) is 6.61 Å². The fourth-order valence-electron chi connectivity index (χ4n) is 1.33. The fraction of sp³-hybridized carbons (Fsp3) is 0.583. The van der Waals surface area contributed by atoms with Crippen LogP contribution >= 0.6 is 0 Å². The Morgan fingerprint density at radius 2 is 2.21 bits per heavy atom. The van der Waals surface area contributed by atoms with E-state index in [0.29, 0.717) is 25.0 Å². The van der Waals surface area contributed by atoms with Crippen molar-refractivity contribution in [3.05, 3.63) is 11.8 Å². The maximum absolute atomic E-state index is 10.5. The first-order chi connectivity index (χ1) is 8.97. The maximum Gasteiger partial charge on any atom is 0.243 e. The Morgan fingerprint density at radius 3 is 2.84 bits per heavy atom. The van der Waals surface area contributed by atoms with Crippen molar-refractivity contribution in [3.63, 3.8) is 0 Å². The summed E-state index contributed by atoms with van der Waals surface area (Å²) in [6.45, 7) is 6.48. The molecule has 0 radical (unpaired) electrons. The molecular formula is C12H20N4O3. The van der Waals surface area contributed by atoms with Gasteiger partial charge in [-0.25, -0.2) is 4.98 Å². The van der Waals surface area contributed by atoms with Crippen molar-refractivity contribution in [1.29, 1.82) is 0 Å². The molecule has 0 unspecified atom stereocenters. The molecule has 7 heteroatoms. The summed E-state index contributed by atoms with van der Waals surface area (Å²) < 4.78 is 10.5. The molecule has 0 aromatic carbocycles. The predicted molar refractivity (Wildman–Crippen MR) is 71.0 cm³/mol. The monoisotopic (exact) mass is 268 g/mol. The van der Waals surface area contributed by atoms with Crippen molar-refractivity contribution < 1.29 is 14.3 Å². The second-order valence-corrected chi connectivity index (χ2v) is 4.28. The van der Waals surface area contributed by atoms with E-state index in [9.17, 15) is 4.79 Å². The zero-order chi connectivity index (χ0) is 14.3. The first-order valence-corrected chi connectivity index (χ1v) is 6.09. The molecule has 0 saturated heterocycles. The van der Waals surface area contributed by atoms with E-state index >= 15 is 0 Å². The van der Waals surface area contributed by atoms with Crippen LogP contribution < -0.4 is 15.8 Å². The summed E-state index contributed by atoms with van der Waals surface area (Å²) in [6.07, 6.45) is 0.0565. The van der Waals surface area contributed by atoms with Crippen molar-refractivity contribution in [3.8, 4) is 5.88 Å². The molecule has 0 spiro atoms. The number of amides is 1. The number of aryl methyl sites for hydroxylation is 1. The highest BCUT2D eigenvalue weighted by atomic mass is 16.5. The molecule has 19 heavy (non-hydrogen) atoms. The fourth-order valence-corrected chi connectivity index (χ4v) is 1.33. The van der Waals surface area contributed by atoms with Gasteiger partial charge in [-0.15, -0.1) is 0 Å². The van der Waals surface area contributed by atoms with Crippen LogP contribution in [0.5, 0.6) is 5.88 Å². The van der Waals surface area contributed by atoms with Gasteiger partial charge in [-0.1, -0.05) is 0 Å².